The fourth-order valence-electron chi connectivity index (χ4n) is 5.44. The van der Waals surface area contributed by atoms with Crippen molar-refractivity contribution in [2.45, 2.75) is 50.5 Å². The van der Waals surface area contributed by atoms with Gasteiger partial charge in [-0.15, -0.1) is 0 Å². The number of fused-ring (bicyclic) bond motifs is 2. The van der Waals surface area contributed by atoms with E-state index >= 15 is 0 Å². The molecule has 2 unspecified atom stereocenters. The second-order valence-corrected chi connectivity index (χ2v) is 9.44. The van der Waals surface area contributed by atoms with Gasteiger partial charge in [0.05, 0.1) is 12.8 Å². The number of hydrogen-bond donors (Lipinski definition) is 3. The molecule has 1 aromatic heterocycles. The summed E-state index contributed by atoms with van der Waals surface area (Å²) < 4.78 is 5.41. The topological polar surface area (TPSA) is 52.3 Å². The number of methoxy groups -OCH3 is 1. The number of nitrogens with zero attached hydrogens (tertiary/aromatic N) is 1. The molecule has 5 rings (SSSR count). The monoisotopic (exact) mass is 448 g/mol. The summed E-state index contributed by atoms with van der Waals surface area (Å²) in [4.78, 5) is 6.24. The predicted molar refractivity (Wildman–Crippen MR) is 137 cm³/mol. The van der Waals surface area contributed by atoms with Gasteiger partial charge in [0.1, 0.15) is 5.75 Å². The molecular formula is C26H32N4OS. The van der Waals surface area contributed by atoms with Crippen molar-refractivity contribution in [3.05, 3.63) is 54.2 Å². The van der Waals surface area contributed by atoms with Crippen molar-refractivity contribution in [2.75, 3.05) is 30.8 Å². The van der Waals surface area contributed by atoms with E-state index in [1.54, 1.807) is 7.11 Å². The van der Waals surface area contributed by atoms with Gasteiger partial charge in [0.25, 0.3) is 0 Å². The number of aromatic amines is 1. The number of anilines is 2. The molecule has 32 heavy (non-hydrogen) atoms. The Labute approximate surface area is 195 Å². The third-order valence-electron chi connectivity index (χ3n) is 7.13. The molecule has 2 atom stereocenters. The number of benzene rings is 2. The van der Waals surface area contributed by atoms with E-state index in [9.17, 15) is 0 Å². The zero-order valence-corrected chi connectivity index (χ0v) is 19.5. The van der Waals surface area contributed by atoms with E-state index in [4.69, 9.17) is 17.0 Å². The Kier molecular flexibility index (Phi) is 6.32. The van der Waals surface area contributed by atoms with Gasteiger partial charge in [0, 0.05) is 28.8 Å². The van der Waals surface area contributed by atoms with Crippen LogP contribution in [0.3, 0.4) is 0 Å². The summed E-state index contributed by atoms with van der Waals surface area (Å²) in [5.74, 6) is 1.38. The third-order valence-corrected chi connectivity index (χ3v) is 7.33. The zero-order chi connectivity index (χ0) is 21.9. The van der Waals surface area contributed by atoms with Crippen molar-refractivity contribution in [3.63, 3.8) is 0 Å². The maximum Gasteiger partial charge on any atom is 0.175 e. The van der Waals surface area contributed by atoms with Crippen molar-refractivity contribution in [3.8, 4) is 5.75 Å². The Morgan fingerprint density at radius 1 is 1.03 bits per heavy atom. The highest BCUT2D eigenvalue weighted by Gasteiger charge is 2.28. The van der Waals surface area contributed by atoms with Crippen LogP contribution in [0.5, 0.6) is 5.75 Å². The Morgan fingerprint density at radius 2 is 1.94 bits per heavy atom. The number of thiocarbonyl (C=S) groups is 1. The Hall–Kier alpha value is -2.57. The number of ether oxygens (including phenoxy) is 1. The molecule has 6 heteroatoms. The number of aromatic nitrogens is 1. The summed E-state index contributed by atoms with van der Waals surface area (Å²) in [6.45, 7) is 2.52. The van der Waals surface area contributed by atoms with Gasteiger partial charge in [0.15, 0.2) is 5.11 Å². The van der Waals surface area contributed by atoms with Crippen LogP contribution < -0.4 is 15.4 Å². The average Bonchev–Trinajstić information content (AvgIpc) is 3.11. The molecule has 3 N–H and O–H groups in total. The number of rotatable bonds is 4. The number of hydrogen-bond acceptors (Lipinski definition) is 3. The second kappa shape index (κ2) is 9.51. The fraction of sp³-hybridized carbons (Fsp3) is 0.423. The zero-order valence-electron chi connectivity index (χ0n) is 18.7. The molecule has 0 spiro atoms. The van der Waals surface area contributed by atoms with Gasteiger partial charge in [-0.2, -0.15) is 0 Å². The summed E-state index contributed by atoms with van der Waals surface area (Å²) >= 11 is 5.57. The Balaban J connectivity index is 1.32. The van der Waals surface area contributed by atoms with Gasteiger partial charge in [0.2, 0.25) is 0 Å². The van der Waals surface area contributed by atoms with Crippen LogP contribution in [0.4, 0.5) is 11.4 Å². The van der Waals surface area contributed by atoms with Crippen LogP contribution in [-0.2, 0) is 0 Å². The van der Waals surface area contributed by atoms with Crippen LogP contribution in [-0.4, -0.2) is 41.2 Å². The predicted octanol–water partition coefficient (Wildman–Crippen LogP) is 6.11. The summed E-state index contributed by atoms with van der Waals surface area (Å²) in [6.07, 6.45) is 10.2. The molecule has 0 bridgehead atoms. The van der Waals surface area contributed by atoms with Crippen LogP contribution in [0.15, 0.2) is 48.7 Å². The Bertz CT molecular complexity index is 1080. The van der Waals surface area contributed by atoms with E-state index in [0.29, 0.717) is 11.0 Å². The normalized spacial score (nSPS) is 21.5. The van der Waals surface area contributed by atoms with Gasteiger partial charge in [-0.3, -0.25) is 0 Å². The summed E-state index contributed by atoms with van der Waals surface area (Å²) in [6, 6.07) is 15.0. The molecule has 2 aromatic carbocycles. The van der Waals surface area contributed by atoms with Crippen LogP contribution in [0.2, 0.25) is 0 Å². The number of piperidine rings is 1. The van der Waals surface area contributed by atoms with Crippen molar-refractivity contribution in [2.24, 2.45) is 0 Å². The molecule has 0 radical (unpaired) electrons. The minimum Gasteiger partial charge on any atom is -0.495 e. The highest BCUT2D eigenvalue weighted by molar-refractivity contribution is 7.80. The van der Waals surface area contributed by atoms with E-state index < -0.39 is 0 Å². The van der Waals surface area contributed by atoms with Gasteiger partial charge in [-0.25, -0.2) is 0 Å². The van der Waals surface area contributed by atoms with Crippen molar-refractivity contribution in [1.82, 2.24) is 9.88 Å². The molecule has 3 heterocycles. The molecule has 0 saturated carbocycles. The summed E-state index contributed by atoms with van der Waals surface area (Å²) in [7, 11) is 1.66. The van der Waals surface area contributed by atoms with E-state index in [-0.39, 0.29) is 0 Å². The highest BCUT2D eigenvalue weighted by Crippen LogP contribution is 2.37. The maximum atomic E-state index is 5.57. The Morgan fingerprint density at radius 3 is 2.84 bits per heavy atom. The molecule has 0 aliphatic carbocycles. The van der Waals surface area contributed by atoms with Crippen molar-refractivity contribution < 1.29 is 4.74 Å². The van der Waals surface area contributed by atoms with Crippen molar-refractivity contribution >= 4 is 39.6 Å². The van der Waals surface area contributed by atoms with Crippen LogP contribution >= 0.6 is 12.2 Å². The largest absolute Gasteiger partial charge is 0.495 e. The highest BCUT2D eigenvalue weighted by atomic mass is 32.1. The quantitative estimate of drug-likeness (QED) is 0.421. The lowest BCUT2D eigenvalue weighted by Crippen LogP contribution is -2.38. The maximum absolute atomic E-state index is 5.57. The second-order valence-electron chi connectivity index (χ2n) is 9.03. The summed E-state index contributed by atoms with van der Waals surface area (Å²) in [5.41, 5.74) is 4.49. The molecule has 2 aliphatic heterocycles. The fourth-order valence-corrected chi connectivity index (χ4v) is 5.67. The van der Waals surface area contributed by atoms with E-state index in [1.807, 2.05) is 24.3 Å². The van der Waals surface area contributed by atoms with E-state index in [2.05, 4.69) is 44.9 Å². The lowest BCUT2D eigenvalue weighted by molar-refractivity contribution is 0.151. The summed E-state index contributed by atoms with van der Waals surface area (Å²) in [5, 5.41) is 8.46. The van der Waals surface area contributed by atoms with Gasteiger partial charge < -0.3 is 25.3 Å². The first-order valence-electron chi connectivity index (χ1n) is 11.8. The molecular weight excluding hydrogens is 416 g/mol. The lowest BCUT2D eigenvalue weighted by Gasteiger charge is -2.33. The SMILES string of the molecule is COc1ccccc1NC(=S)Nc1ccc2[nH]cc(C3CCC4CCCCN4CC3)c2c1. The van der Waals surface area contributed by atoms with E-state index in [1.165, 1.54) is 68.1 Å². The molecule has 5 nitrogen and oxygen atoms in total. The van der Waals surface area contributed by atoms with Crippen molar-refractivity contribution in [1.29, 1.82) is 0 Å². The van der Waals surface area contributed by atoms with Gasteiger partial charge in [-0.1, -0.05) is 18.6 Å². The van der Waals surface area contributed by atoms with Crippen LogP contribution in [0.1, 0.15) is 50.0 Å². The molecule has 2 fully saturated rings. The molecule has 168 valence electrons. The number of para-hydroxylation sites is 2. The molecule has 3 aromatic rings. The average molecular weight is 449 g/mol. The smallest absolute Gasteiger partial charge is 0.175 e. The first-order valence-corrected chi connectivity index (χ1v) is 12.2. The number of nitrogens with one attached hydrogen (secondary N) is 3. The molecule has 0 amide bonds. The molecule has 2 aliphatic rings. The van der Waals surface area contributed by atoms with Gasteiger partial charge in [-0.05, 0) is 99.2 Å². The van der Waals surface area contributed by atoms with E-state index in [0.717, 1.165) is 23.2 Å². The van der Waals surface area contributed by atoms with Gasteiger partial charge >= 0.3 is 0 Å². The number of H-pyrrole nitrogens is 1. The molecule has 2 saturated heterocycles. The minimum absolute atomic E-state index is 0.553. The minimum atomic E-state index is 0.553. The lowest BCUT2D eigenvalue weighted by atomic mass is 9.90. The van der Waals surface area contributed by atoms with Crippen LogP contribution in [0.25, 0.3) is 10.9 Å². The third kappa shape index (κ3) is 4.48. The standard InChI is InChI=1S/C26H32N4OS/c1-31-25-8-3-2-7-24(25)29-26(32)28-19-10-12-23-21(16-19)22(17-27-23)18-9-11-20-6-4-5-14-30(20)15-13-18/h2-3,7-8,10,12,16-18,20,27H,4-6,9,11,13-15H2,1H3,(H2,28,29,32). The van der Waals surface area contributed by atoms with Crippen LogP contribution in [0, 0.1) is 0 Å². The first-order chi connectivity index (χ1) is 15.7. The first kappa shape index (κ1) is 21.3.